The fourth-order valence-electron chi connectivity index (χ4n) is 3.77. The van der Waals surface area contributed by atoms with Crippen LogP contribution in [-0.2, 0) is 29.4 Å². The van der Waals surface area contributed by atoms with Crippen molar-refractivity contribution in [3.63, 3.8) is 0 Å². The van der Waals surface area contributed by atoms with E-state index in [2.05, 4.69) is 28.2 Å². The number of nitrogens with one attached hydrogen (secondary N) is 1. The van der Waals surface area contributed by atoms with E-state index >= 15 is 0 Å². The van der Waals surface area contributed by atoms with E-state index in [1.54, 1.807) is 6.92 Å². The standard InChI is InChI=1S/C22H24N2O3S2/c1-4-27-22(26)19-15-9-7-11-17(15)29-21(19)23-20(25)13(2)28-18-12-24(3)16-10-6-5-8-14(16)18/h5-6,8,10,12-13H,4,7,9,11H2,1-3H3,(H,23,25)/t13-/m1/s1. The lowest BCUT2D eigenvalue weighted by Gasteiger charge is -2.12. The van der Waals surface area contributed by atoms with E-state index < -0.39 is 0 Å². The number of thioether (sulfide) groups is 1. The van der Waals surface area contributed by atoms with Gasteiger partial charge in [-0.3, -0.25) is 4.79 Å². The molecule has 0 fully saturated rings. The highest BCUT2D eigenvalue weighted by Gasteiger charge is 2.29. The second-order valence-corrected chi connectivity index (χ2v) is 9.64. The average Bonchev–Trinajstić information content (AvgIpc) is 3.36. The maximum atomic E-state index is 12.9. The quantitative estimate of drug-likeness (QED) is 0.442. The van der Waals surface area contributed by atoms with Crippen molar-refractivity contribution in [3.8, 4) is 0 Å². The molecule has 0 saturated heterocycles. The molecule has 5 nitrogen and oxygen atoms in total. The van der Waals surface area contributed by atoms with Crippen LogP contribution in [0.4, 0.5) is 5.00 Å². The smallest absolute Gasteiger partial charge is 0.341 e. The number of hydrogen-bond acceptors (Lipinski definition) is 5. The highest BCUT2D eigenvalue weighted by atomic mass is 32.2. The number of thiophene rings is 1. The van der Waals surface area contributed by atoms with Gasteiger partial charge in [0, 0.05) is 33.9 Å². The molecule has 1 aliphatic rings. The van der Waals surface area contributed by atoms with Gasteiger partial charge in [-0.15, -0.1) is 23.1 Å². The molecule has 0 radical (unpaired) electrons. The molecule has 1 aromatic carbocycles. The molecule has 0 aliphatic heterocycles. The van der Waals surface area contributed by atoms with E-state index in [4.69, 9.17) is 4.74 Å². The van der Waals surface area contributed by atoms with Crippen molar-refractivity contribution in [1.29, 1.82) is 0 Å². The van der Waals surface area contributed by atoms with E-state index in [0.29, 0.717) is 17.2 Å². The summed E-state index contributed by atoms with van der Waals surface area (Å²) in [6, 6.07) is 8.17. The molecule has 2 heterocycles. The van der Waals surface area contributed by atoms with Crippen LogP contribution in [0.15, 0.2) is 35.4 Å². The van der Waals surface area contributed by atoms with Crippen LogP contribution in [0.3, 0.4) is 0 Å². The van der Waals surface area contributed by atoms with Crippen LogP contribution in [0, 0.1) is 0 Å². The number of amides is 1. The third-order valence-corrected chi connectivity index (χ3v) is 7.53. The molecule has 1 amide bonds. The Morgan fingerprint density at radius 2 is 2.10 bits per heavy atom. The van der Waals surface area contributed by atoms with E-state index in [1.165, 1.54) is 28.0 Å². The van der Waals surface area contributed by atoms with Gasteiger partial charge < -0.3 is 14.6 Å². The summed E-state index contributed by atoms with van der Waals surface area (Å²) in [7, 11) is 2.01. The minimum Gasteiger partial charge on any atom is -0.462 e. The summed E-state index contributed by atoms with van der Waals surface area (Å²) < 4.78 is 7.32. The van der Waals surface area contributed by atoms with E-state index in [-0.39, 0.29) is 17.1 Å². The third kappa shape index (κ3) is 3.81. The molecule has 29 heavy (non-hydrogen) atoms. The minimum absolute atomic E-state index is 0.103. The number of benzene rings is 1. The first-order valence-corrected chi connectivity index (χ1v) is 11.5. The van der Waals surface area contributed by atoms with Crippen molar-refractivity contribution in [2.75, 3.05) is 11.9 Å². The topological polar surface area (TPSA) is 60.3 Å². The molecule has 1 atom stereocenters. The Morgan fingerprint density at radius 1 is 1.31 bits per heavy atom. The van der Waals surface area contributed by atoms with Crippen molar-refractivity contribution < 1.29 is 14.3 Å². The fraction of sp³-hybridized carbons (Fsp3) is 0.364. The first kappa shape index (κ1) is 20.0. The van der Waals surface area contributed by atoms with Gasteiger partial charge in [-0.1, -0.05) is 18.2 Å². The zero-order valence-electron chi connectivity index (χ0n) is 16.8. The number of nitrogens with zero attached hydrogens (tertiary/aromatic N) is 1. The zero-order valence-corrected chi connectivity index (χ0v) is 18.4. The Labute approximate surface area is 178 Å². The Hall–Kier alpha value is -2.25. The Balaban J connectivity index is 1.54. The molecule has 0 bridgehead atoms. The number of para-hydroxylation sites is 1. The van der Waals surface area contributed by atoms with Gasteiger partial charge in [-0.05, 0) is 44.7 Å². The molecule has 2 aromatic heterocycles. The number of anilines is 1. The van der Waals surface area contributed by atoms with Gasteiger partial charge in [-0.2, -0.15) is 0 Å². The number of carbonyl (C=O) groups excluding carboxylic acids is 2. The molecule has 7 heteroatoms. The zero-order chi connectivity index (χ0) is 20.5. The number of ether oxygens (including phenoxy) is 1. The maximum absolute atomic E-state index is 12.9. The highest BCUT2D eigenvalue weighted by Crippen LogP contribution is 2.40. The molecule has 152 valence electrons. The van der Waals surface area contributed by atoms with Crippen molar-refractivity contribution in [1.82, 2.24) is 4.57 Å². The lowest BCUT2D eigenvalue weighted by molar-refractivity contribution is -0.115. The van der Waals surface area contributed by atoms with Crippen molar-refractivity contribution in [2.24, 2.45) is 7.05 Å². The number of fused-ring (bicyclic) bond motifs is 2. The lowest BCUT2D eigenvalue weighted by atomic mass is 10.1. The van der Waals surface area contributed by atoms with Crippen LogP contribution in [0.1, 0.15) is 41.1 Å². The largest absolute Gasteiger partial charge is 0.462 e. The Kier molecular flexibility index (Phi) is 5.69. The normalized spacial score (nSPS) is 14.0. The molecular weight excluding hydrogens is 404 g/mol. The number of rotatable bonds is 6. The summed E-state index contributed by atoms with van der Waals surface area (Å²) in [6.45, 7) is 4.02. The predicted molar refractivity (Wildman–Crippen MR) is 119 cm³/mol. The maximum Gasteiger partial charge on any atom is 0.341 e. The number of carbonyl (C=O) groups is 2. The number of aromatic nitrogens is 1. The van der Waals surface area contributed by atoms with Gasteiger partial charge in [0.05, 0.1) is 17.4 Å². The fourth-order valence-corrected chi connectivity index (χ4v) is 6.11. The molecule has 4 rings (SSSR count). The molecule has 0 unspecified atom stereocenters. The van der Waals surface area contributed by atoms with Crippen LogP contribution < -0.4 is 5.32 Å². The Bertz CT molecular complexity index is 1080. The van der Waals surface area contributed by atoms with E-state index in [1.807, 2.05) is 26.1 Å². The van der Waals surface area contributed by atoms with Gasteiger partial charge in [0.25, 0.3) is 0 Å². The van der Waals surface area contributed by atoms with Gasteiger partial charge in [-0.25, -0.2) is 4.79 Å². The molecule has 1 N–H and O–H groups in total. The third-order valence-electron chi connectivity index (χ3n) is 5.17. The first-order valence-electron chi connectivity index (χ1n) is 9.82. The highest BCUT2D eigenvalue weighted by molar-refractivity contribution is 8.00. The second kappa shape index (κ2) is 8.24. The Morgan fingerprint density at radius 3 is 2.90 bits per heavy atom. The molecule has 0 spiro atoms. The molecular formula is C22H24N2O3S2. The van der Waals surface area contributed by atoms with Crippen LogP contribution in [-0.4, -0.2) is 28.3 Å². The van der Waals surface area contributed by atoms with Crippen molar-refractivity contribution in [2.45, 2.75) is 43.3 Å². The monoisotopic (exact) mass is 428 g/mol. The lowest BCUT2D eigenvalue weighted by Crippen LogP contribution is -2.23. The number of esters is 1. The van der Waals surface area contributed by atoms with E-state index in [9.17, 15) is 9.59 Å². The number of aryl methyl sites for hydroxylation is 2. The summed E-state index contributed by atoms with van der Waals surface area (Å²) in [6.07, 6.45) is 4.94. The van der Waals surface area contributed by atoms with Crippen LogP contribution in [0.25, 0.3) is 10.9 Å². The predicted octanol–water partition coefficient (Wildman–Crippen LogP) is 5.02. The van der Waals surface area contributed by atoms with Gasteiger partial charge in [0.15, 0.2) is 0 Å². The van der Waals surface area contributed by atoms with Crippen molar-refractivity contribution >= 4 is 50.9 Å². The number of hydrogen-bond donors (Lipinski definition) is 1. The summed E-state index contributed by atoms with van der Waals surface area (Å²) >= 11 is 3.05. The van der Waals surface area contributed by atoms with Crippen molar-refractivity contribution in [3.05, 3.63) is 46.5 Å². The first-order chi connectivity index (χ1) is 14.0. The van der Waals surface area contributed by atoms with Gasteiger partial charge >= 0.3 is 5.97 Å². The summed E-state index contributed by atoms with van der Waals surface area (Å²) in [5.41, 5.74) is 2.75. The van der Waals surface area contributed by atoms with Crippen LogP contribution in [0.5, 0.6) is 0 Å². The SMILES string of the molecule is CCOC(=O)c1c(NC(=O)[C@@H](C)Sc2cn(C)c3ccccc23)sc2c1CCC2. The van der Waals surface area contributed by atoms with Crippen LogP contribution in [0.2, 0.25) is 0 Å². The van der Waals surface area contributed by atoms with Gasteiger partial charge in [0.2, 0.25) is 5.91 Å². The molecule has 0 saturated carbocycles. The summed E-state index contributed by atoms with van der Waals surface area (Å²) in [5, 5.41) is 4.48. The molecule has 3 aromatic rings. The van der Waals surface area contributed by atoms with Crippen LogP contribution >= 0.6 is 23.1 Å². The van der Waals surface area contributed by atoms with Gasteiger partial charge in [0.1, 0.15) is 5.00 Å². The minimum atomic E-state index is -0.337. The summed E-state index contributed by atoms with van der Waals surface area (Å²) in [5.74, 6) is -0.440. The van der Waals surface area contributed by atoms with E-state index in [0.717, 1.165) is 40.6 Å². The second-order valence-electron chi connectivity index (χ2n) is 7.15. The summed E-state index contributed by atoms with van der Waals surface area (Å²) in [4.78, 5) is 27.7. The average molecular weight is 429 g/mol. The molecule has 1 aliphatic carbocycles.